The van der Waals surface area contributed by atoms with E-state index in [-0.39, 0.29) is 19.1 Å². The van der Waals surface area contributed by atoms with Crippen molar-refractivity contribution >= 4 is 11.6 Å². The van der Waals surface area contributed by atoms with Gasteiger partial charge in [0.15, 0.2) is 11.5 Å². The lowest BCUT2D eigenvalue weighted by atomic mass is 10.2. The van der Waals surface area contributed by atoms with E-state index in [2.05, 4.69) is 5.32 Å². The molecular formula is C13H20N2O4. The number of hydrogen-bond acceptors (Lipinski definition) is 5. The van der Waals surface area contributed by atoms with Crippen molar-refractivity contribution in [3.8, 4) is 11.5 Å². The van der Waals surface area contributed by atoms with Crippen LogP contribution < -0.4 is 20.5 Å². The third kappa shape index (κ3) is 4.42. The molecule has 0 heterocycles. The average Bonchev–Trinajstić information content (AvgIpc) is 2.44. The molecule has 0 saturated carbocycles. The minimum Gasteiger partial charge on any atom is -0.493 e. The van der Waals surface area contributed by atoms with Crippen molar-refractivity contribution in [1.29, 1.82) is 0 Å². The second kappa shape index (κ2) is 7.60. The van der Waals surface area contributed by atoms with Crippen LogP contribution in [-0.4, -0.2) is 37.4 Å². The first-order valence-electron chi connectivity index (χ1n) is 6.10. The Hall–Kier alpha value is -1.79. The summed E-state index contributed by atoms with van der Waals surface area (Å²) in [6, 6.07) is 4.48. The van der Waals surface area contributed by atoms with Crippen molar-refractivity contribution in [2.24, 2.45) is 5.73 Å². The van der Waals surface area contributed by atoms with Crippen LogP contribution in [0.25, 0.3) is 0 Å². The van der Waals surface area contributed by atoms with Crippen LogP contribution in [0, 0.1) is 0 Å². The molecule has 1 rings (SSSR count). The Balaban J connectivity index is 2.82. The molecule has 106 valence electrons. The molecule has 1 aromatic rings. The normalized spacial score (nSPS) is 11.8. The van der Waals surface area contributed by atoms with Crippen molar-refractivity contribution in [2.75, 3.05) is 25.6 Å². The van der Waals surface area contributed by atoms with Crippen molar-refractivity contribution in [3.63, 3.8) is 0 Å². The molecule has 6 heteroatoms. The molecule has 6 nitrogen and oxygen atoms in total. The molecule has 4 N–H and O–H groups in total. The topological polar surface area (TPSA) is 93.8 Å². The Kier molecular flexibility index (Phi) is 6.11. The lowest BCUT2D eigenvalue weighted by molar-refractivity contribution is -0.117. The number of aliphatic hydroxyl groups excluding tert-OH is 1. The predicted molar refractivity (Wildman–Crippen MR) is 72.5 cm³/mol. The van der Waals surface area contributed by atoms with Crippen LogP contribution in [0.2, 0.25) is 0 Å². The molecule has 1 atom stereocenters. The van der Waals surface area contributed by atoms with Crippen LogP contribution in [0.3, 0.4) is 0 Å². The first kappa shape index (κ1) is 15.3. The summed E-state index contributed by atoms with van der Waals surface area (Å²) in [6.45, 7) is 1.90. The zero-order valence-electron chi connectivity index (χ0n) is 11.2. The van der Waals surface area contributed by atoms with Gasteiger partial charge < -0.3 is 25.6 Å². The first-order chi connectivity index (χ1) is 9.12. The summed E-state index contributed by atoms with van der Waals surface area (Å²) >= 11 is 0. The van der Waals surface area contributed by atoms with E-state index < -0.39 is 6.04 Å². The minimum absolute atomic E-state index is 0.0968. The number of carbonyl (C=O) groups excluding carboxylic acids is 1. The Labute approximate surface area is 112 Å². The fourth-order valence-corrected chi connectivity index (χ4v) is 1.44. The lowest BCUT2D eigenvalue weighted by Crippen LogP contribution is -2.34. The van der Waals surface area contributed by atoms with E-state index >= 15 is 0 Å². The largest absolute Gasteiger partial charge is 0.493 e. The molecule has 0 fully saturated rings. The molecule has 1 aromatic carbocycles. The summed E-state index contributed by atoms with van der Waals surface area (Å²) in [7, 11) is 1.52. The van der Waals surface area contributed by atoms with Gasteiger partial charge in [-0.25, -0.2) is 0 Å². The van der Waals surface area contributed by atoms with E-state index in [4.69, 9.17) is 20.3 Å². The van der Waals surface area contributed by atoms with Crippen LogP contribution in [0.4, 0.5) is 5.69 Å². The van der Waals surface area contributed by atoms with E-state index in [9.17, 15) is 4.79 Å². The quantitative estimate of drug-likeness (QED) is 0.678. The first-order valence-corrected chi connectivity index (χ1v) is 6.10. The molecule has 1 amide bonds. The summed E-state index contributed by atoms with van der Waals surface area (Å²) in [5.41, 5.74) is 6.21. The van der Waals surface area contributed by atoms with Crippen LogP contribution in [0.1, 0.15) is 13.3 Å². The highest BCUT2D eigenvalue weighted by atomic mass is 16.5. The molecule has 0 aromatic heterocycles. The Morgan fingerprint density at radius 3 is 2.79 bits per heavy atom. The number of amides is 1. The van der Waals surface area contributed by atoms with E-state index in [0.717, 1.165) is 0 Å². The van der Waals surface area contributed by atoms with Crippen molar-refractivity contribution in [3.05, 3.63) is 18.2 Å². The molecule has 0 radical (unpaired) electrons. The second-order valence-electron chi connectivity index (χ2n) is 3.94. The van der Waals surface area contributed by atoms with Crippen molar-refractivity contribution in [2.45, 2.75) is 19.4 Å². The van der Waals surface area contributed by atoms with Gasteiger partial charge in [0, 0.05) is 11.8 Å². The maximum Gasteiger partial charge on any atom is 0.241 e. The van der Waals surface area contributed by atoms with E-state index in [1.54, 1.807) is 18.2 Å². The molecule has 0 aliphatic rings. The highest BCUT2D eigenvalue weighted by Gasteiger charge is 2.12. The molecule has 19 heavy (non-hydrogen) atoms. The summed E-state index contributed by atoms with van der Waals surface area (Å²) in [5.74, 6) is 0.742. The summed E-state index contributed by atoms with van der Waals surface area (Å²) in [6.07, 6.45) is 0.565. The zero-order valence-corrected chi connectivity index (χ0v) is 11.2. The van der Waals surface area contributed by atoms with Crippen LogP contribution in [0.15, 0.2) is 18.2 Å². The third-order valence-electron chi connectivity index (χ3n) is 2.56. The lowest BCUT2D eigenvalue weighted by Gasteiger charge is -2.14. The van der Waals surface area contributed by atoms with Gasteiger partial charge in [0.1, 0.15) is 6.61 Å². The number of nitrogens with two attached hydrogens (primary N) is 1. The van der Waals surface area contributed by atoms with Crippen molar-refractivity contribution < 1.29 is 19.4 Å². The molecule has 0 spiro atoms. The molecular weight excluding hydrogens is 248 g/mol. The number of rotatable bonds is 7. The molecule has 0 unspecified atom stereocenters. The average molecular weight is 268 g/mol. The van der Waals surface area contributed by atoms with Gasteiger partial charge in [-0.3, -0.25) is 4.79 Å². The maximum absolute atomic E-state index is 11.7. The van der Waals surface area contributed by atoms with Crippen LogP contribution in [-0.2, 0) is 4.79 Å². The number of hydrogen-bond donors (Lipinski definition) is 3. The number of methoxy groups -OCH3 is 1. The highest BCUT2D eigenvalue weighted by molar-refractivity contribution is 5.94. The molecule has 0 bridgehead atoms. The maximum atomic E-state index is 11.7. The number of anilines is 1. The predicted octanol–water partition coefficient (Wildman–Crippen LogP) is 0.742. The monoisotopic (exact) mass is 268 g/mol. The van der Waals surface area contributed by atoms with Gasteiger partial charge in [-0.2, -0.15) is 0 Å². The van der Waals surface area contributed by atoms with Gasteiger partial charge in [0.2, 0.25) is 5.91 Å². The fraction of sp³-hybridized carbons (Fsp3) is 0.462. The number of carbonyl (C=O) groups is 1. The smallest absolute Gasteiger partial charge is 0.241 e. The Morgan fingerprint density at radius 1 is 1.47 bits per heavy atom. The van der Waals surface area contributed by atoms with Crippen LogP contribution >= 0.6 is 0 Å². The number of aliphatic hydroxyl groups is 1. The van der Waals surface area contributed by atoms with E-state index in [1.807, 2.05) is 6.92 Å². The highest BCUT2D eigenvalue weighted by Crippen LogP contribution is 2.30. The van der Waals surface area contributed by atoms with Crippen molar-refractivity contribution in [1.82, 2.24) is 0 Å². The molecule has 0 aliphatic heterocycles. The minimum atomic E-state index is -0.538. The summed E-state index contributed by atoms with van der Waals surface area (Å²) in [4.78, 5) is 11.7. The summed E-state index contributed by atoms with van der Waals surface area (Å²) < 4.78 is 10.5. The fourth-order valence-electron chi connectivity index (χ4n) is 1.44. The number of ether oxygens (including phenoxy) is 2. The van der Waals surface area contributed by atoms with Crippen LogP contribution in [0.5, 0.6) is 11.5 Å². The molecule has 0 aliphatic carbocycles. The Bertz CT molecular complexity index is 423. The van der Waals surface area contributed by atoms with E-state index in [0.29, 0.717) is 23.6 Å². The number of benzene rings is 1. The van der Waals surface area contributed by atoms with Gasteiger partial charge in [0.25, 0.3) is 0 Å². The van der Waals surface area contributed by atoms with Gasteiger partial charge in [-0.05, 0) is 18.6 Å². The Morgan fingerprint density at radius 2 is 2.21 bits per heavy atom. The van der Waals surface area contributed by atoms with Gasteiger partial charge >= 0.3 is 0 Å². The van der Waals surface area contributed by atoms with Gasteiger partial charge in [-0.1, -0.05) is 6.92 Å². The standard InChI is InChI=1S/C13H20N2O4/c1-3-10(14)13(17)15-9-4-5-11(18-2)12(8-9)19-7-6-16/h4-5,8,10,16H,3,6-7,14H2,1-2H3,(H,15,17)/t10-/m0/s1. The van der Waals surface area contributed by atoms with E-state index in [1.165, 1.54) is 7.11 Å². The van der Waals surface area contributed by atoms with Gasteiger partial charge in [0.05, 0.1) is 19.8 Å². The summed E-state index contributed by atoms with van der Waals surface area (Å²) in [5, 5.41) is 11.5. The van der Waals surface area contributed by atoms with Gasteiger partial charge in [-0.15, -0.1) is 0 Å². The number of nitrogens with one attached hydrogen (secondary N) is 1. The molecule has 0 saturated heterocycles. The second-order valence-corrected chi connectivity index (χ2v) is 3.94. The SMILES string of the molecule is CC[C@H](N)C(=O)Nc1ccc(OC)c(OCCO)c1. The third-order valence-corrected chi connectivity index (χ3v) is 2.56. The zero-order chi connectivity index (χ0) is 14.3.